The van der Waals surface area contributed by atoms with Gasteiger partial charge in [0.1, 0.15) is 0 Å². The number of anilines is 3. The van der Waals surface area contributed by atoms with Crippen molar-refractivity contribution in [2.24, 2.45) is 0 Å². The van der Waals surface area contributed by atoms with Crippen molar-refractivity contribution in [2.45, 2.75) is 13.8 Å². The molecule has 0 aliphatic heterocycles. The van der Waals surface area contributed by atoms with Crippen LogP contribution in [0, 0.1) is 13.8 Å². The molecular weight excluding hydrogens is 336 g/mol. The van der Waals surface area contributed by atoms with Crippen LogP contribution in [0.5, 0.6) is 0 Å². The Morgan fingerprint density at radius 2 is 1.64 bits per heavy atom. The maximum absolute atomic E-state index is 12.3. The number of hydrogen-bond acceptors (Lipinski definition) is 4. The van der Waals surface area contributed by atoms with Gasteiger partial charge in [-0.15, -0.1) is 0 Å². The average Bonchev–Trinajstić information content (AvgIpc) is 2.61. The predicted octanol–water partition coefficient (Wildman–Crippen LogP) is 4.74. The van der Waals surface area contributed by atoms with Gasteiger partial charge in [0.2, 0.25) is 5.95 Å². The van der Waals surface area contributed by atoms with Crippen LogP contribution in [0.1, 0.15) is 21.5 Å². The highest BCUT2D eigenvalue weighted by Crippen LogP contribution is 2.24. The van der Waals surface area contributed by atoms with E-state index in [1.165, 1.54) is 12.4 Å². The van der Waals surface area contributed by atoms with E-state index in [0.29, 0.717) is 16.5 Å². The Bertz CT molecular complexity index is 910. The fourth-order valence-electron chi connectivity index (χ4n) is 2.28. The molecule has 0 bridgehead atoms. The second kappa shape index (κ2) is 7.32. The molecule has 25 heavy (non-hydrogen) atoms. The summed E-state index contributed by atoms with van der Waals surface area (Å²) < 4.78 is 0. The topological polar surface area (TPSA) is 66.9 Å². The number of para-hydroxylation sites is 1. The van der Waals surface area contributed by atoms with Crippen molar-refractivity contribution in [3.8, 4) is 0 Å². The van der Waals surface area contributed by atoms with E-state index in [2.05, 4.69) is 20.6 Å². The van der Waals surface area contributed by atoms with E-state index in [4.69, 9.17) is 11.6 Å². The van der Waals surface area contributed by atoms with E-state index < -0.39 is 0 Å². The smallest absolute Gasteiger partial charge is 0.258 e. The Morgan fingerprint density at radius 3 is 2.36 bits per heavy atom. The Balaban J connectivity index is 1.73. The summed E-state index contributed by atoms with van der Waals surface area (Å²) in [4.78, 5) is 20.7. The van der Waals surface area contributed by atoms with E-state index >= 15 is 0 Å². The maximum Gasteiger partial charge on any atom is 0.258 e. The summed E-state index contributed by atoms with van der Waals surface area (Å²) in [6, 6.07) is 13.2. The summed E-state index contributed by atoms with van der Waals surface area (Å²) in [6.45, 7) is 3.85. The van der Waals surface area contributed by atoms with E-state index in [0.717, 1.165) is 22.5 Å². The number of carbonyl (C=O) groups is 1. The van der Waals surface area contributed by atoms with Crippen molar-refractivity contribution in [3.05, 3.63) is 76.6 Å². The molecule has 3 aromatic rings. The molecule has 5 nitrogen and oxygen atoms in total. The molecular formula is C19H17ClN4O. The molecule has 126 valence electrons. The number of benzene rings is 2. The van der Waals surface area contributed by atoms with Gasteiger partial charge in [0.25, 0.3) is 5.91 Å². The lowest BCUT2D eigenvalue weighted by atomic mass is 10.2. The summed E-state index contributed by atoms with van der Waals surface area (Å²) in [6.07, 6.45) is 2.98. The molecule has 0 unspecified atom stereocenters. The van der Waals surface area contributed by atoms with Gasteiger partial charge in [0.15, 0.2) is 0 Å². The third-order valence-electron chi connectivity index (χ3n) is 3.82. The number of nitrogens with zero attached hydrogens (tertiary/aromatic N) is 2. The van der Waals surface area contributed by atoms with Gasteiger partial charge in [0.05, 0.1) is 5.56 Å². The molecule has 1 heterocycles. The Kier molecular flexibility index (Phi) is 4.95. The molecule has 3 rings (SSSR count). The first-order valence-corrected chi connectivity index (χ1v) is 8.13. The van der Waals surface area contributed by atoms with Crippen LogP contribution in [0.2, 0.25) is 5.02 Å². The quantitative estimate of drug-likeness (QED) is 0.711. The van der Waals surface area contributed by atoms with Gasteiger partial charge in [-0.25, -0.2) is 9.97 Å². The van der Waals surface area contributed by atoms with Crippen LogP contribution in [-0.2, 0) is 0 Å². The average molecular weight is 353 g/mol. The van der Waals surface area contributed by atoms with Gasteiger partial charge in [-0.3, -0.25) is 4.79 Å². The second-order valence-corrected chi connectivity index (χ2v) is 6.01. The standard InChI is InChI=1S/C19H17ClN4O/c1-12-6-3-4-8-16(12)23-18(25)14-10-21-19(22-11-14)24-17-9-5-7-15(20)13(17)2/h3-11H,1-2H3,(H,23,25)(H,21,22,24). The molecule has 2 aromatic carbocycles. The van der Waals surface area contributed by atoms with Crippen LogP contribution in [0.3, 0.4) is 0 Å². The molecule has 0 fully saturated rings. The molecule has 0 aliphatic carbocycles. The van der Waals surface area contributed by atoms with Gasteiger partial charge in [-0.2, -0.15) is 0 Å². The molecule has 0 radical (unpaired) electrons. The zero-order valence-electron chi connectivity index (χ0n) is 13.9. The lowest BCUT2D eigenvalue weighted by Crippen LogP contribution is -2.13. The van der Waals surface area contributed by atoms with Crippen LogP contribution in [0.4, 0.5) is 17.3 Å². The largest absolute Gasteiger partial charge is 0.324 e. The van der Waals surface area contributed by atoms with Crippen LogP contribution in [0.15, 0.2) is 54.9 Å². The van der Waals surface area contributed by atoms with Crippen molar-refractivity contribution in [1.29, 1.82) is 0 Å². The minimum Gasteiger partial charge on any atom is -0.324 e. The van der Waals surface area contributed by atoms with Gasteiger partial charge in [0, 0.05) is 28.8 Å². The lowest BCUT2D eigenvalue weighted by molar-refractivity contribution is 0.102. The molecule has 0 aliphatic rings. The highest BCUT2D eigenvalue weighted by Gasteiger charge is 2.10. The molecule has 0 saturated heterocycles. The van der Waals surface area contributed by atoms with Gasteiger partial charge < -0.3 is 10.6 Å². The highest BCUT2D eigenvalue weighted by molar-refractivity contribution is 6.31. The number of nitrogens with one attached hydrogen (secondary N) is 2. The van der Waals surface area contributed by atoms with Crippen LogP contribution in [0.25, 0.3) is 0 Å². The first-order chi connectivity index (χ1) is 12.0. The second-order valence-electron chi connectivity index (χ2n) is 5.60. The van der Waals surface area contributed by atoms with Crippen LogP contribution in [-0.4, -0.2) is 15.9 Å². The third-order valence-corrected chi connectivity index (χ3v) is 4.23. The summed E-state index contributed by atoms with van der Waals surface area (Å²) in [7, 11) is 0. The number of halogens is 1. The fraction of sp³-hybridized carbons (Fsp3) is 0.105. The molecule has 2 N–H and O–H groups in total. The first-order valence-electron chi connectivity index (χ1n) is 7.76. The minimum absolute atomic E-state index is 0.250. The van der Waals surface area contributed by atoms with E-state index in [1.54, 1.807) is 0 Å². The Labute approximate surface area is 151 Å². The van der Waals surface area contributed by atoms with Crippen molar-refractivity contribution in [3.63, 3.8) is 0 Å². The minimum atomic E-state index is -0.250. The van der Waals surface area contributed by atoms with E-state index in [9.17, 15) is 4.79 Å². The lowest BCUT2D eigenvalue weighted by Gasteiger charge is -2.10. The summed E-state index contributed by atoms with van der Waals surface area (Å²) in [5.74, 6) is 0.151. The Morgan fingerprint density at radius 1 is 0.960 bits per heavy atom. The van der Waals surface area contributed by atoms with Crippen molar-refractivity contribution < 1.29 is 4.79 Å². The van der Waals surface area contributed by atoms with Crippen molar-refractivity contribution in [1.82, 2.24) is 9.97 Å². The number of amides is 1. The zero-order chi connectivity index (χ0) is 17.8. The number of hydrogen-bond donors (Lipinski definition) is 2. The summed E-state index contributed by atoms with van der Waals surface area (Å²) >= 11 is 6.10. The third kappa shape index (κ3) is 3.95. The van der Waals surface area contributed by atoms with Crippen LogP contribution >= 0.6 is 11.6 Å². The normalized spacial score (nSPS) is 10.4. The maximum atomic E-state index is 12.3. The molecule has 0 atom stereocenters. The summed E-state index contributed by atoms with van der Waals surface area (Å²) in [5, 5.41) is 6.62. The Hall–Kier alpha value is -2.92. The van der Waals surface area contributed by atoms with Crippen LogP contribution < -0.4 is 10.6 Å². The summed E-state index contributed by atoms with van der Waals surface area (Å²) in [5.41, 5.74) is 3.88. The van der Waals surface area contributed by atoms with Gasteiger partial charge in [-0.1, -0.05) is 35.9 Å². The molecule has 6 heteroatoms. The number of carbonyl (C=O) groups excluding carboxylic acids is 1. The molecule has 1 amide bonds. The van der Waals surface area contributed by atoms with E-state index in [-0.39, 0.29) is 5.91 Å². The van der Waals surface area contributed by atoms with Crippen molar-refractivity contribution >= 4 is 34.8 Å². The monoisotopic (exact) mass is 352 g/mol. The van der Waals surface area contributed by atoms with E-state index in [1.807, 2.05) is 56.3 Å². The number of rotatable bonds is 4. The van der Waals surface area contributed by atoms with Gasteiger partial charge in [-0.05, 0) is 43.2 Å². The fourth-order valence-corrected chi connectivity index (χ4v) is 2.46. The van der Waals surface area contributed by atoms with Crippen molar-refractivity contribution in [2.75, 3.05) is 10.6 Å². The highest BCUT2D eigenvalue weighted by atomic mass is 35.5. The molecule has 0 saturated carbocycles. The molecule has 0 spiro atoms. The number of aromatic nitrogens is 2. The molecule has 1 aromatic heterocycles. The zero-order valence-corrected chi connectivity index (χ0v) is 14.6. The predicted molar refractivity (Wildman–Crippen MR) is 101 cm³/mol. The first kappa shape index (κ1) is 16.9. The number of aryl methyl sites for hydroxylation is 1. The SMILES string of the molecule is Cc1ccccc1NC(=O)c1cnc(Nc2cccc(Cl)c2C)nc1. The van der Waals surface area contributed by atoms with Gasteiger partial charge >= 0.3 is 0 Å².